The van der Waals surface area contributed by atoms with E-state index >= 15 is 0 Å². The van der Waals surface area contributed by atoms with E-state index in [0.717, 1.165) is 63.1 Å². The van der Waals surface area contributed by atoms with Crippen molar-refractivity contribution in [3.8, 4) is 0 Å². The van der Waals surface area contributed by atoms with Crippen LogP contribution in [0.1, 0.15) is 41.0 Å². The average Bonchev–Trinajstić information content (AvgIpc) is 3.32. The highest BCUT2D eigenvalue weighted by Gasteiger charge is 2.35. The first kappa shape index (κ1) is 17.6. The number of amides is 1. The molecule has 1 amide bonds. The summed E-state index contributed by atoms with van der Waals surface area (Å²) in [7, 11) is 1.78. The number of aromatic nitrogens is 2. The highest BCUT2D eigenvalue weighted by atomic mass is 16.3. The molecule has 142 valence electrons. The van der Waals surface area contributed by atoms with Crippen molar-refractivity contribution in [3.05, 3.63) is 17.0 Å². The molecule has 1 aromatic rings. The van der Waals surface area contributed by atoms with Gasteiger partial charge in [0.1, 0.15) is 5.69 Å². The molecule has 0 bridgehead atoms. The van der Waals surface area contributed by atoms with Crippen LogP contribution < -0.4 is 10.6 Å². The number of hydrogen-bond donors (Lipinski definition) is 3. The number of carbonyl (C=O) groups excluding carboxylic acids is 1. The third kappa shape index (κ3) is 3.41. The van der Waals surface area contributed by atoms with Gasteiger partial charge in [0.2, 0.25) is 5.95 Å². The Labute approximate surface area is 154 Å². The van der Waals surface area contributed by atoms with E-state index in [1.165, 1.54) is 0 Å². The number of β-amino-alcohol motifs (C(OH)–C–C–N with tert-alkyl or cyclic N) is 1. The lowest BCUT2D eigenvalue weighted by Crippen LogP contribution is -2.47. The second kappa shape index (κ2) is 7.09. The largest absolute Gasteiger partial charge is 0.387 e. The maximum atomic E-state index is 13.0. The summed E-state index contributed by atoms with van der Waals surface area (Å²) in [5, 5.41) is 16.9. The van der Waals surface area contributed by atoms with Crippen molar-refractivity contribution in [3.63, 3.8) is 0 Å². The first-order chi connectivity index (χ1) is 12.6. The van der Waals surface area contributed by atoms with Gasteiger partial charge in [-0.3, -0.25) is 9.69 Å². The monoisotopic (exact) mass is 360 g/mol. The number of hydrogen-bond acceptors (Lipinski definition) is 7. The van der Waals surface area contributed by atoms with Gasteiger partial charge in [-0.2, -0.15) is 0 Å². The standard InChI is InChI=1S/C18H28N6O2/c1-19-17-21-14-4-9-23(12-18(26)5-6-20-11-18)10-13(14)15(22-17)16(25)24-7-2-3-8-24/h20,26H,2-12H2,1H3,(H,19,21,22)/t18-/m1/s1. The molecule has 26 heavy (non-hydrogen) atoms. The minimum Gasteiger partial charge on any atom is -0.387 e. The van der Waals surface area contributed by atoms with E-state index in [1.807, 2.05) is 4.90 Å². The molecule has 3 aliphatic rings. The minimum atomic E-state index is -0.678. The molecule has 3 N–H and O–H groups in total. The first-order valence-electron chi connectivity index (χ1n) is 9.60. The molecule has 4 rings (SSSR count). The molecule has 1 atom stereocenters. The van der Waals surface area contributed by atoms with Gasteiger partial charge in [0, 0.05) is 58.3 Å². The maximum Gasteiger partial charge on any atom is 0.273 e. The third-order valence-corrected chi connectivity index (χ3v) is 5.70. The van der Waals surface area contributed by atoms with Crippen LogP contribution in [0, 0.1) is 0 Å². The van der Waals surface area contributed by atoms with Crippen molar-refractivity contribution in [2.75, 3.05) is 51.6 Å². The maximum absolute atomic E-state index is 13.0. The van der Waals surface area contributed by atoms with Crippen LogP contribution in [0.15, 0.2) is 0 Å². The Balaban J connectivity index is 1.60. The predicted octanol–water partition coefficient (Wildman–Crippen LogP) is -0.163. The van der Waals surface area contributed by atoms with Gasteiger partial charge < -0.3 is 20.6 Å². The number of fused-ring (bicyclic) bond motifs is 1. The Hall–Kier alpha value is -1.77. The van der Waals surface area contributed by atoms with Crippen LogP contribution in [0.5, 0.6) is 0 Å². The third-order valence-electron chi connectivity index (χ3n) is 5.70. The van der Waals surface area contributed by atoms with E-state index in [9.17, 15) is 9.90 Å². The van der Waals surface area contributed by atoms with Gasteiger partial charge in [0.25, 0.3) is 5.91 Å². The summed E-state index contributed by atoms with van der Waals surface area (Å²) in [5.74, 6) is 0.527. The Kier molecular flexibility index (Phi) is 4.81. The van der Waals surface area contributed by atoms with Crippen molar-refractivity contribution in [1.82, 2.24) is 25.1 Å². The zero-order valence-electron chi connectivity index (χ0n) is 15.4. The second-order valence-corrected chi connectivity index (χ2v) is 7.68. The van der Waals surface area contributed by atoms with Crippen LogP contribution in [0.4, 0.5) is 5.95 Å². The van der Waals surface area contributed by atoms with E-state index < -0.39 is 5.60 Å². The number of nitrogens with one attached hydrogen (secondary N) is 2. The van der Waals surface area contributed by atoms with E-state index in [4.69, 9.17) is 0 Å². The number of aliphatic hydroxyl groups is 1. The van der Waals surface area contributed by atoms with Gasteiger partial charge in [0.05, 0.1) is 11.3 Å². The predicted molar refractivity (Wildman–Crippen MR) is 98.1 cm³/mol. The van der Waals surface area contributed by atoms with Crippen molar-refractivity contribution >= 4 is 11.9 Å². The van der Waals surface area contributed by atoms with E-state index in [2.05, 4.69) is 25.5 Å². The molecule has 3 aliphatic heterocycles. The van der Waals surface area contributed by atoms with Gasteiger partial charge in [-0.15, -0.1) is 0 Å². The van der Waals surface area contributed by atoms with Crippen LogP contribution in [-0.2, 0) is 13.0 Å². The molecule has 0 spiro atoms. The molecular formula is C18H28N6O2. The van der Waals surface area contributed by atoms with E-state index in [0.29, 0.717) is 31.3 Å². The van der Waals surface area contributed by atoms with Crippen LogP contribution >= 0.6 is 0 Å². The van der Waals surface area contributed by atoms with Gasteiger partial charge in [0.15, 0.2) is 0 Å². The molecule has 2 fully saturated rings. The van der Waals surface area contributed by atoms with E-state index in [1.54, 1.807) is 7.05 Å². The normalized spacial score (nSPS) is 26.2. The Morgan fingerprint density at radius 3 is 2.81 bits per heavy atom. The molecule has 0 saturated carbocycles. The van der Waals surface area contributed by atoms with Crippen molar-refractivity contribution in [1.29, 1.82) is 0 Å². The fourth-order valence-electron chi connectivity index (χ4n) is 4.25. The Bertz CT molecular complexity index is 683. The topological polar surface area (TPSA) is 93.6 Å². The fraction of sp³-hybridized carbons (Fsp3) is 0.722. The van der Waals surface area contributed by atoms with Gasteiger partial charge in [-0.05, 0) is 25.8 Å². The number of rotatable bonds is 4. The number of carbonyl (C=O) groups is 1. The summed E-state index contributed by atoms with van der Waals surface area (Å²) in [5.41, 5.74) is 1.74. The molecule has 2 saturated heterocycles. The smallest absolute Gasteiger partial charge is 0.273 e. The molecule has 0 aromatic carbocycles. The van der Waals surface area contributed by atoms with Crippen molar-refractivity contribution in [2.45, 2.75) is 37.8 Å². The van der Waals surface area contributed by atoms with Crippen LogP contribution in [0.2, 0.25) is 0 Å². The molecule has 0 radical (unpaired) electrons. The SMILES string of the molecule is CNc1nc2c(c(C(=O)N3CCCC3)n1)CN(C[C@@]1(O)CCNC1)CC2. The lowest BCUT2D eigenvalue weighted by Gasteiger charge is -2.34. The second-order valence-electron chi connectivity index (χ2n) is 7.68. The summed E-state index contributed by atoms with van der Waals surface area (Å²) in [4.78, 5) is 26.3. The molecule has 1 aromatic heterocycles. The van der Waals surface area contributed by atoms with Crippen LogP contribution in [0.25, 0.3) is 0 Å². The average molecular weight is 360 g/mol. The minimum absolute atomic E-state index is 0.0146. The van der Waals surface area contributed by atoms with Crippen molar-refractivity contribution in [2.24, 2.45) is 0 Å². The van der Waals surface area contributed by atoms with Crippen LogP contribution in [-0.4, -0.2) is 82.7 Å². The summed E-state index contributed by atoms with van der Waals surface area (Å²) >= 11 is 0. The van der Waals surface area contributed by atoms with Crippen LogP contribution in [0.3, 0.4) is 0 Å². The zero-order valence-corrected chi connectivity index (χ0v) is 15.4. The highest BCUT2D eigenvalue weighted by Crippen LogP contribution is 2.26. The number of anilines is 1. The van der Waals surface area contributed by atoms with Gasteiger partial charge >= 0.3 is 0 Å². The lowest BCUT2D eigenvalue weighted by molar-refractivity contribution is 0.0164. The molecule has 0 unspecified atom stereocenters. The summed E-state index contributed by atoms with van der Waals surface area (Å²) in [6, 6.07) is 0. The number of nitrogens with zero attached hydrogens (tertiary/aromatic N) is 4. The first-order valence-corrected chi connectivity index (χ1v) is 9.60. The number of likely N-dealkylation sites (tertiary alicyclic amines) is 1. The molecule has 0 aliphatic carbocycles. The Morgan fingerprint density at radius 1 is 1.31 bits per heavy atom. The Morgan fingerprint density at radius 2 is 2.12 bits per heavy atom. The molecule has 8 heteroatoms. The van der Waals surface area contributed by atoms with Gasteiger partial charge in [-0.1, -0.05) is 0 Å². The molecule has 8 nitrogen and oxygen atoms in total. The fourth-order valence-corrected chi connectivity index (χ4v) is 4.25. The summed E-state index contributed by atoms with van der Waals surface area (Å²) in [6.07, 6.45) is 3.66. The quantitative estimate of drug-likeness (QED) is 0.687. The molecule has 4 heterocycles. The van der Waals surface area contributed by atoms with E-state index in [-0.39, 0.29) is 5.91 Å². The summed E-state index contributed by atoms with van der Waals surface area (Å²) in [6.45, 7) is 5.18. The highest BCUT2D eigenvalue weighted by molar-refractivity contribution is 5.94. The van der Waals surface area contributed by atoms with Crippen molar-refractivity contribution < 1.29 is 9.90 Å². The summed E-state index contributed by atoms with van der Waals surface area (Å²) < 4.78 is 0. The zero-order chi connectivity index (χ0) is 18.1. The van der Waals surface area contributed by atoms with Gasteiger partial charge in [-0.25, -0.2) is 9.97 Å². The molecular weight excluding hydrogens is 332 g/mol. The lowest BCUT2D eigenvalue weighted by atomic mass is 9.98.